The van der Waals surface area contributed by atoms with Gasteiger partial charge in [-0.3, -0.25) is 4.79 Å². The summed E-state index contributed by atoms with van der Waals surface area (Å²) < 4.78 is 5.88. The summed E-state index contributed by atoms with van der Waals surface area (Å²) in [6, 6.07) is 4.04. The van der Waals surface area contributed by atoms with Gasteiger partial charge in [-0.25, -0.2) is 0 Å². The van der Waals surface area contributed by atoms with E-state index in [-0.39, 0.29) is 5.78 Å². The highest BCUT2D eigenvalue weighted by Gasteiger charge is 2.41. The average molecular weight is 266 g/mol. The first-order valence-electron chi connectivity index (χ1n) is 6.86. The first-order valence-corrected chi connectivity index (χ1v) is 7.74. The van der Waals surface area contributed by atoms with Gasteiger partial charge in [-0.1, -0.05) is 13.0 Å². The van der Waals surface area contributed by atoms with Gasteiger partial charge < -0.3 is 4.74 Å². The second kappa shape index (κ2) is 5.98. The van der Waals surface area contributed by atoms with Gasteiger partial charge in [-0.2, -0.15) is 0 Å². The quantitative estimate of drug-likeness (QED) is 0.809. The average Bonchev–Trinajstić information content (AvgIpc) is 2.85. The second-order valence-electron chi connectivity index (χ2n) is 5.29. The van der Waals surface area contributed by atoms with Crippen LogP contribution in [0.15, 0.2) is 17.5 Å². The van der Waals surface area contributed by atoms with Crippen LogP contribution in [-0.4, -0.2) is 18.0 Å². The molecule has 0 bridgehead atoms. The van der Waals surface area contributed by atoms with Crippen molar-refractivity contribution in [3.05, 3.63) is 22.4 Å². The molecule has 1 aromatic heterocycles. The molecule has 3 heteroatoms. The van der Waals surface area contributed by atoms with Crippen molar-refractivity contribution in [2.75, 3.05) is 6.61 Å². The largest absolute Gasteiger partial charge is 0.367 e. The fourth-order valence-electron chi connectivity index (χ4n) is 2.74. The zero-order valence-electron chi connectivity index (χ0n) is 11.3. The summed E-state index contributed by atoms with van der Waals surface area (Å²) in [5, 5.41) is 2.03. The predicted octanol–water partition coefficient (Wildman–Crippen LogP) is 3.85. The van der Waals surface area contributed by atoms with E-state index in [9.17, 15) is 4.79 Å². The Balaban J connectivity index is 2.06. The van der Waals surface area contributed by atoms with Gasteiger partial charge in [0.2, 0.25) is 0 Å². The molecule has 0 saturated heterocycles. The normalized spacial score (nSPS) is 28.2. The molecule has 0 radical (unpaired) electrons. The minimum atomic E-state index is -0.495. The molecule has 2 nitrogen and oxygen atoms in total. The molecule has 1 aliphatic carbocycles. The van der Waals surface area contributed by atoms with E-state index >= 15 is 0 Å². The molecule has 0 unspecified atom stereocenters. The first kappa shape index (κ1) is 13.8. The van der Waals surface area contributed by atoms with Crippen LogP contribution in [0.1, 0.15) is 44.4 Å². The Hall–Kier alpha value is -0.670. The summed E-state index contributed by atoms with van der Waals surface area (Å²) in [4.78, 5) is 13.7. The van der Waals surface area contributed by atoms with Crippen LogP contribution in [0.3, 0.4) is 0 Å². The lowest BCUT2D eigenvalue weighted by atomic mass is 9.76. The fraction of sp³-hybridized carbons (Fsp3) is 0.667. The summed E-state index contributed by atoms with van der Waals surface area (Å²) >= 11 is 1.66. The van der Waals surface area contributed by atoms with Crippen molar-refractivity contribution in [1.82, 2.24) is 0 Å². The Bertz CT molecular complexity index is 375. The van der Waals surface area contributed by atoms with Crippen molar-refractivity contribution >= 4 is 17.1 Å². The van der Waals surface area contributed by atoms with Gasteiger partial charge in [0, 0.05) is 17.9 Å². The minimum absolute atomic E-state index is 0.277. The van der Waals surface area contributed by atoms with Crippen molar-refractivity contribution in [1.29, 1.82) is 0 Å². The number of Topliss-reactive ketones (excluding diaryl/α,β-unsaturated/α-hetero) is 1. The topological polar surface area (TPSA) is 26.3 Å². The van der Waals surface area contributed by atoms with Crippen LogP contribution in [0, 0.1) is 5.92 Å². The molecule has 0 spiro atoms. The molecular formula is C15H22O2S. The number of thiophene rings is 1. The Kier molecular flexibility index (Phi) is 4.57. The Morgan fingerprint density at radius 1 is 1.50 bits per heavy atom. The van der Waals surface area contributed by atoms with Crippen LogP contribution < -0.4 is 0 Å². The molecular weight excluding hydrogens is 244 g/mol. The van der Waals surface area contributed by atoms with E-state index < -0.39 is 5.60 Å². The fourth-order valence-corrected chi connectivity index (χ4v) is 3.44. The summed E-state index contributed by atoms with van der Waals surface area (Å²) in [5.41, 5.74) is -0.495. The van der Waals surface area contributed by atoms with Crippen LogP contribution in [0.4, 0.5) is 0 Å². The number of carbonyl (C=O) groups is 1. The van der Waals surface area contributed by atoms with Gasteiger partial charge in [-0.05, 0) is 50.0 Å². The van der Waals surface area contributed by atoms with E-state index in [1.54, 1.807) is 11.3 Å². The van der Waals surface area contributed by atoms with E-state index in [0.717, 1.165) is 36.5 Å². The van der Waals surface area contributed by atoms with Crippen LogP contribution in [0.2, 0.25) is 0 Å². The Morgan fingerprint density at radius 2 is 2.22 bits per heavy atom. The summed E-state index contributed by atoms with van der Waals surface area (Å²) in [7, 11) is 0. The third-order valence-corrected chi connectivity index (χ3v) is 4.80. The van der Waals surface area contributed by atoms with Crippen LogP contribution in [0.25, 0.3) is 0 Å². The second-order valence-corrected chi connectivity index (χ2v) is 6.32. The molecule has 0 amide bonds. The molecule has 1 heterocycles. The number of hydrogen-bond donors (Lipinski definition) is 0. The highest BCUT2D eigenvalue weighted by molar-refractivity contribution is 7.10. The minimum Gasteiger partial charge on any atom is -0.367 e. The SMILES string of the molecule is CCOC1(C(=O)Cc2cccs2)CCC(C)CC1. The lowest BCUT2D eigenvalue weighted by Gasteiger charge is -2.37. The van der Waals surface area contributed by atoms with Gasteiger partial charge in [0.05, 0.1) is 0 Å². The van der Waals surface area contributed by atoms with Gasteiger partial charge in [0.25, 0.3) is 0 Å². The molecule has 100 valence electrons. The highest BCUT2D eigenvalue weighted by atomic mass is 32.1. The highest BCUT2D eigenvalue weighted by Crippen LogP contribution is 2.36. The molecule has 2 rings (SSSR count). The number of carbonyl (C=O) groups excluding carboxylic acids is 1. The Morgan fingerprint density at radius 3 is 2.78 bits per heavy atom. The number of ether oxygens (including phenoxy) is 1. The summed E-state index contributed by atoms with van der Waals surface area (Å²) in [6.07, 6.45) is 4.54. The lowest BCUT2D eigenvalue weighted by Crippen LogP contribution is -2.45. The first-order chi connectivity index (χ1) is 8.66. The maximum absolute atomic E-state index is 12.6. The summed E-state index contributed by atoms with van der Waals surface area (Å²) in [5.74, 6) is 1.01. The maximum Gasteiger partial charge on any atom is 0.169 e. The third kappa shape index (κ3) is 3.01. The van der Waals surface area contributed by atoms with Gasteiger partial charge >= 0.3 is 0 Å². The number of hydrogen-bond acceptors (Lipinski definition) is 3. The molecule has 1 aliphatic rings. The molecule has 1 saturated carbocycles. The van der Waals surface area contributed by atoms with Crippen LogP contribution in [0.5, 0.6) is 0 Å². The molecule has 0 aromatic carbocycles. The monoisotopic (exact) mass is 266 g/mol. The standard InChI is InChI=1S/C15H22O2S/c1-3-17-15(8-6-12(2)7-9-15)14(16)11-13-5-4-10-18-13/h4-5,10,12H,3,6-9,11H2,1-2H3. The van der Waals surface area contributed by atoms with Crippen molar-refractivity contribution < 1.29 is 9.53 Å². The van der Waals surface area contributed by atoms with Crippen molar-refractivity contribution in [2.45, 2.75) is 51.6 Å². The zero-order chi connectivity index (χ0) is 13.0. The summed E-state index contributed by atoms with van der Waals surface area (Å²) in [6.45, 7) is 4.88. The third-order valence-electron chi connectivity index (χ3n) is 3.93. The van der Waals surface area contributed by atoms with Gasteiger partial charge in [0.1, 0.15) is 5.60 Å². The molecule has 0 N–H and O–H groups in total. The Labute approximate surface area is 113 Å². The molecule has 1 aromatic rings. The smallest absolute Gasteiger partial charge is 0.169 e. The lowest BCUT2D eigenvalue weighted by molar-refractivity contribution is -0.149. The molecule has 1 fully saturated rings. The molecule has 18 heavy (non-hydrogen) atoms. The van der Waals surface area contributed by atoms with E-state index in [1.165, 1.54) is 0 Å². The molecule has 0 aliphatic heterocycles. The molecule has 0 atom stereocenters. The predicted molar refractivity (Wildman–Crippen MR) is 75.0 cm³/mol. The van der Waals surface area contributed by atoms with Gasteiger partial charge in [-0.15, -0.1) is 11.3 Å². The van der Waals surface area contributed by atoms with Crippen LogP contribution in [-0.2, 0) is 16.0 Å². The van der Waals surface area contributed by atoms with Crippen molar-refractivity contribution in [3.8, 4) is 0 Å². The van der Waals surface area contributed by atoms with E-state index in [2.05, 4.69) is 6.92 Å². The van der Waals surface area contributed by atoms with Crippen LogP contribution >= 0.6 is 11.3 Å². The van der Waals surface area contributed by atoms with E-state index in [0.29, 0.717) is 13.0 Å². The van der Waals surface area contributed by atoms with E-state index in [4.69, 9.17) is 4.74 Å². The van der Waals surface area contributed by atoms with E-state index in [1.807, 2.05) is 24.4 Å². The number of ketones is 1. The number of rotatable bonds is 5. The van der Waals surface area contributed by atoms with Crippen molar-refractivity contribution in [3.63, 3.8) is 0 Å². The van der Waals surface area contributed by atoms with Gasteiger partial charge in [0.15, 0.2) is 5.78 Å². The maximum atomic E-state index is 12.6. The zero-order valence-corrected chi connectivity index (χ0v) is 12.1. The van der Waals surface area contributed by atoms with Crippen molar-refractivity contribution in [2.24, 2.45) is 5.92 Å².